The Morgan fingerprint density at radius 2 is 2.13 bits per heavy atom. The minimum Gasteiger partial charge on any atom is -0.376 e. The minimum atomic E-state index is 0. The average Bonchev–Trinajstić information content (AvgIpc) is 3.05. The quantitative estimate of drug-likeness (QED) is 0.312. The SMILES string of the molecule is CCNC(=NCC1CCCO1)N(C)Cc1ccc(SC)cc1.I. The molecule has 0 bridgehead atoms. The van der Waals surface area contributed by atoms with E-state index in [1.165, 1.54) is 10.5 Å². The number of benzene rings is 1. The van der Waals surface area contributed by atoms with Gasteiger partial charge in [-0.3, -0.25) is 4.99 Å². The molecule has 1 aliphatic heterocycles. The number of hydrogen-bond donors (Lipinski definition) is 1. The predicted octanol–water partition coefficient (Wildman–Crippen LogP) is 3.60. The van der Waals surface area contributed by atoms with E-state index < -0.39 is 0 Å². The van der Waals surface area contributed by atoms with Crippen LogP contribution in [-0.2, 0) is 11.3 Å². The summed E-state index contributed by atoms with van der Waals surface area (Å²) in [6, 6.07) is 8.71. The summed E-state index contributed by atoms with van der Waals surface area (Å²) < 4.78 is 5.65. The molecule has 1 atom stereocenters. The molecule has 130 valence electrons. The smallest absolute Gasteiger partial charge is 0.194 e. The van der Waals surface area contributed by atoms with Gasteiger partial charge in [0.25, 0.3) is 0 Å². The molecule has 0 aliphatic carbocycles. The highest BCUT2D eigenvalue weighted by molar-refractivity contribution is 14.0. The Balaban J connectivity index is 0.00000264. The highest BCUT2D eigenvalue weighted by atomic mass is 127. The highest BCUT2D eigenvalue weighted by Gasteiger charge is 2.15. The number of nitrogens with one attached hydrogen (secondary N) is 1. The van der Waals surface area contributed by atoms with Crippen molar-refractivity contribution in [3.05, 3.63) is 29.8 Å². The Bertz CT molecular complexity index is 475. The van der Waals surface area contributed by atoms with Crippen LogP contribution < -0.4 is 5.32 Å². The molecular formula is C17H28IN3OS. The fourth-order valence-electron chi connectivity index (χ4n) is 2.53. The summed E-state index contributed by atoms with van der Waals surface area (Å²) in [7, 11) is 2.08. The molecule has 0 radical (unpaired) electrons. The van der Waals surface area contributed by atoms with Crippen LogP contribution in [0.25, 0.3) is 0 Å². The van der Waals surface area contributed by atoms with E-state index in [1.807, 2.05) is 0 Å². The van der Waals surface area contributed by atoms with Gasteiger partial charge in [-0.25, -0.2) is 0 Å². The molecule has 0 saturated carbocycles. The molecule has 1 aromatic rings. The zero-order valence-electron chi connectivity index (χ0n) is 14.2. The zero-order chi connectivity index (χ0) is 15.8. The van der Waals surface area contributed by atoms with Crippen LogP contribution in [0.4, 0.5) is 0 Å². The van der Waals surface area contributed by atoms with Gasteiger partial charge in [-0.15, -0.1) is 35.7 Å². The van der Waals surface area contributed by atoms with Crippen molar-refractivity contribution in [3.8, 4) is 0 Å². The second-order valence-electron chi connectivity index (χ2n) is 5.53. The van der Waals surface area contributed by atoms with Crippen LogP contribution in [0.1, 0.15) is 25.3 Å². The molecule has 1 fully saturated rings. The van der Waals surface area contributed by atoms with E-state index in [-0.39, 0.29) is 24.0 Å². The van der Waals surface area contributed by atoms with E-state index in [0.717, 1.165) is 45.0 Å². The molecule has 0 aromatic heterocycles. The van der Waals surface area contributed by atoms with Gasteiger partial charge in [0.2, 0.25) is 0 Å². The molecule has 1 unspecified atom stereocenters. The molecule has 6 heteroatoms. The molecular weight excluding hydrogens is 421 g/mol. The van der Waals surface area contributed by atoms with Crippen molar-refractivity contribution in [3.63, 3.8) is 0 Å². The fraction of sp³-hybridized carbons (Fsp3) is 0.588. The van der Waals surface area contributed by atoms with Crippen LogP contribution in [0.5, 0.6) is 0 Å². The van der Waals surface area contributed by atoms with Crippen LogP contribution in [0.3, 0.4) is 0 Å². The van der Waals surface area contributed by atoms with Gasteiger partial charge in [0, 0.05) is 31.6 Å². The van der Waals surface area contributed by atoms with Gasteiger partial charge in [0.05, 0.1) is 12.6 Å². The summed E-state index contributed by atoms with van der Waals surface area (Å²) in [5.74, 6) is 0.951. The van der Waals surface area contributed by atoms with E-state index >= 15 is 0 Å². The Morgan fingerprint density at radius 1 is 1.39 bits per heavy atom. The Hall–Kier alpha value is -0.470. The summed E-state index contributed by atoms with van der Waals surface area (Å²) in [5, 5.41) is 3.37. The van der Waals surface area contributed by atoms with Crippen molar-refractivity contribution in [2.45, 2.75) is 37.3 Å². The molecule has 1 aliphatic rings. The van der Waals surface area contributed by atoms with Gasteiger partial charge in [0.15, 0.2) is 5.96 Å². The highest BCUT2D eigenvalue weighted by Crippen LogP contribution is 2.16. The predicted molar refractivity (Wildman–Crippen MR) is 110 cm³/mol. The van der Waals surface area contributed by atoms with Gasteiger partial charge in [-0.05, 0) is 43.7 Å². The van der Waals surface area contributed by atoms with Crippen molar-refractivity contribution in [1.29, 1.82) is 0 Å². The molecule has 2 rings (SSSR count). The van der Waals surface area contributed by atoms with E-state index in [4.69, 9.17) is 9.73 Å². The van der Waals surface area contributed by atoms with Crippen molar-refractivity contribution in [2.24, 2.45) is 4.99 Å². The first-order valence-electron chi connectivity index (χ1n) is 7.97. The summed E-state index contributed by atoms with van der Waals surface area (Å²) in [5.41, 5.74) is 1.29. The molecule has 1 aromatic carbocycles. The molecule has 1 saturated heterocycles. The van der Waals surface area contributed by atoms with E-state index in [2.05, 4.69) is 54.7 Å². The number of hydrogen-bond acceptors (Lipinski definition) is 3. The normalized spacial score (nSPS) is 17.7. The lowest BCUT2D eigenvalue weighted by Crippen LogP contribution is -2.39. The lowest BCUT2D eigenvalue weighted by Gasteiger charge is -2.22. The number of thioether (sulfide) groups is 1. The third-order valence-electron chi connectivity index (χ3n) is 3.74. The Morgan fingerprint density at radius 3 is 2.70 bits per heavy atom. The lowest BCUT2D eigenvalue weighted by atomic mass is 10.2. The van der Waals surface area contributed by atoms with Crippen molar-refractivity contribution >= 4 is 41.7 Å². The Kier molecular flexibility index (Phi) is 9.97. The van der Waals surface area contributed by atoms with Crippen molar-refractivity contribution < 1.29 is 4.74 Å². The third-order valence-corrected chi connectivity index (χ3v) is 4.49. The summed E-state index contributed by atoms with van der Waals surface area (Å²) >= 11 is 1.77. The second kappa shape index (κ2) is 11.1. The number of rotatable bonds is 6. The van der Waals surface area contributed by atoms with Gasteiger partial charge in [0.1, 0.15) is 0 Å². The summed E-state index contributed by atoms with van der Waals surface area (Å²) in [4.78, 5) is 8.20. The summed E-state index contributed by atoms with van der Waals surface area (Å²) in [6.45, 7) is 5.46. The fourth-order valence-corrected chi connectivity index (χ4v) is 2.93. The maximum absolute atomic E-state index is 5.65. The van der Waals surface area contributed by atoms with E-state index in [0.29, 0.717) is 6.10 Å². The molecule has 0 spiro atoms. The number of guanidine groups is 1. The van der Waals surface area contributed by atoms with Gasteiger partial charge in [-0.2, -0.15) is 0 Å². The minimum absolute atomic E-state index is 0. The van der Waals surface area contributed by atoms with Crippen molar-refractivity contribution in [2.75, 3.05) is 33.0 Å². The number of ether oxygens (including phenoxy) is 1. The number of nitrogens with zero attached hydrogens (tertiary/aromatic N) is 2. The standard InChI is InChI=1S/C17H27N3OS.HI/c1-4-18-17(19-12-15-6-5-11-21-15)20(2)13-14-7-9-16(22-3)10-8-14;/h7-10,15H,4-6,11-13H2,1-3H3,(H,18,19);1H. The monoisotopic (exact) mass is 449 g/mol. The first-order valence-corrected chi connectivity index (χ1v) is 9.19. The largest absolute Gasteiger partial charge is 0.376 e. The van der Waals surface area contributed by atoms with Crippen LogP contribution in [-0.4, -0.2) is 50.0 Å². The Labute approximate surface area is 161 Å². The number of halogens is 1. The van der Waals surface area contributed by atoms with Crippen LogP contribution in [0, 0.1) is 0 Å². The maximum atomic E-state index is 5.65. The van der Waals surface area contributed by atoms with Crippen LogP contribution in [0.15, 0.2) is 34.2 Å². The average molecular weight is 449 g/mol. The topological polar surface area (TPSA) is 36.9 Å². The molecule has 0 amide bonds. The second-order valence-corrected chi connectivity index (χ2v) is 6.41. The first kappa shape index (κ1) is 20.6. The van der Waals surface area contributed by atoms with E-state index in [1.54, 1.807) is 11.8 Å². The maximum Gasteiger partial charge on any atom is 0.194 e. The molecule has 1 N–H and O–H groups in total. The zero-order valence-corrected chi connectivity index (χ0v) is 17.4. The third kappa shape index (κ3) is 6.89. The van der Waals surface area contributed by atoms with Gasteiger partial charge < -0.3 is 15.0 Å². The van der Waals surface area contributed by atoms with Crippen LogP contribution >= 0.6 is 35.7 Å². The van der Waals surface area contributed by atoms with Gasteiger partial charge in [-0.1, -0.05) is 12.1 Å². The van der Waals surface area contributed by atoms with Crippen LogP contribution in [0.2, 0.25) is 0 Å². The summed E-state index contributed by atoms with van der Waals surface area (Å²) in [6.07, 6.45) is 4.68. The van der Waals surface area contributed by atoms with Crippen molar-refractivity contribution in [1.82, 2.24) is 10.2 Å². The van der Waals surface area contributed by atoms with E-state index in [9.17, 15) is 0 Å². The lowest BCUT2D eigenvalue weighted by molar-refractivity contribution is 0.117. The van der Waals surface area contributed by atoms with Gasteiger partial charge >= 0.3 is 0 Å². The first-order chi connectivity index (χ1) is 10.7. The molecule has 23 heavy (non-hydrogen) atoms. The number of aliphatic imine (C=N–C) groups is 1. The molecule has 4 nitrogen and oxygen atoms in total. The molecule has 1 heterocycles.